The number of thioether (sulfide) groups is 1. The van der Waals surface area contributed by atoms with Crippen molar-refractivity contribution >= 4 is 23.4 Å². The third kappa shape index (κ3) is 3.89. The Labute approximate surface area is 166 Å². The van der Waals surface area contributed by atoms with Gasteiger partial charge < -0.3 is 14.4 Å². The van der Waals surface area contributed by atoms with Crippen molar-refractivity contribution in [2.24, 2.45) is 0 Å². The van der Waals surface area contributed by atoms with Gasteiger partial charge in [0.25, 0.3) is 5.78 Å². The van der Waals surface area contributed by atoms with Crippen LogP contribution in [-0.4, -0.2) is 62.4 Å². The summed E-state index contributed by atoms with van der Waals surface area (Å²) in [6, 6.07) is 9.49. The average molecular weight is 399 g/mol. The van der Waals surface area contributed by atoms with Crippen LogP contribution in [0.2, 0.25) is 0 Å². The maximum absolute atomic E-state index is 12.5. The van der Waals surface area contributed by atoms with E-state index in [0.717, 1.165) is 17.1 Å². The number of benzene rings is 1. The number of hydrogen-bond donors (Lipinski definition) is 0. The van der Waals surface area contributed by atoms with Crippen LogP contribution in [0.25, 0.3) is 5.78 Å². The Kier molecular flexibility index (Phi) is 5.08. The highest BCUT2D eigenvalue weighted by Crippen LogP contribution is 2.31. The summed E-state index contributed by atoms with van der Waals surface area (Å²) < 4.78 is 13.3. The third-order valence-electron chi connectivity index (χ3n) is 4.39. The van der Waals surface area contributed by atoms with Gasteiger partial charge in [0.05, 0.1) is 12.3 Å². The molecule has 28 heavy (non-hydrogen) atoms. The normalized spacial score (nSPS) is 15.6. The van der Waals surface area contributed by atoms with Crippen LogP contribution in [0, 0.1) is 13.8 Å². The molecule has 1 aliphatic rings. The first kappa shape index (κ1) is 18.5. The highest BCUT2D eigenvalue weighted by Gasteiger charge is 2.24. The molecule has 3 heterocycles. The molecule has 1 aromatic carbocycles. The summed E-state index contributed by atoms with van der Waals surface area (Å²) in [7, 11) is 1.76. The number of amides is 1. The van der Waals surface area contributed by atoms with Crippen molar-refractivity contribution in [2.75, 3.05) is 26.0 Å². The second kappa shape index (κ2) is 7.67. The number of likely N-dealkylation sites (N-methyl/N-ethyl adjacent to an activating group) is 1. The molecular weight excluding hydrogens is 378 g/mol. The molecule has 0 radical (unpaired) electrons. The highest BCUT2D eigenvalue weighted by atomic mass is 32.2. The van der Waals surface area contributed by atoms with Crippen LogP contribution in [0.1, 0.15) is 11.4 Å². The fourth-order valence-corrected chi connectivity index (χ4v) is 3.76. The molecule has 0 saturated heterocycles. The number of rotatable bonds is 5. The van der Waals surface area contributed by atoms with Gasteiger partial charge in [0.15, 0.2) is 17.6 Å². The van der Waals surface area contributed by atoms with E-state index in [9.17, 15) is 4.79 Å². The minimum atomic E-state index is -0.197. The first-order valence-electron chi connectivity index (χ1n) is 8.96. The lowest BCUT2D eigenvalue weighted by molar-refractivity contribution is -0.128. The van der Waals surface area contributed by atoms with Crippen molar-refractivity contribution in [1.82, 2.24) is 24.5 Å². The number of aromatic nitrogens is 4. The van der Waals surface area contributed by atoms with Crippen LogP contribution >= 0.6 is 11.8 Å². The largest absolute Gasteiger partial charge is 0.486 e. The lowest BCUT2D eigenvalue weighted by Gasteiger charge is -2.29. The molecule has 1 amide bonds. The molecule has 0 fully saturated rings. The minimum Gasteiger partial charge on any atom is -0.486 e. The van der Waals surface area contributed by atoms with E-state index in [-0.39, 0.29) is 17.8 Å². The first-order valence-corrected chi connectivity index (χ1v) is 9.94. The number of aryl methyl sites for hydroxylation is 2. The van der Waals surface area contributed by atoms with Gasteiger partial charge in [-0.15, -0.1) is 5.10 Å². The Morgan fingerprint density at radius 3 is 2.89 bits per heavy atom. The molecule has 2 aromatic heterocycles. The molecular formula is C19H21N5O3S. The Balaban J connectivity index is 1.33. The molecule has 146 valence electrons. The van der Waals surface area contributed by atoms with E-state index in [1.807, 2.05) is 44.2 Å². The highest BCUT2D eigenvalue weighted by molar-refractivity contribution is 7.99. The predicted molar refractivity (Wildman–Crippen MR) is 105 cm³/mol. The van der Waals surface area contributed by atoms with Crippen molar-refractivity contribution in [3.8, 4) is 11.5 Å². The summed E-state index contributed by atoms with van der Waals surface area (Å²) in [5.41, 5.74) is 1.85. The summed E-state index contributed by atoms with van der Waals surface area (Å²) in [4.78, 5) is 22.9. The molecule has 3 aromatic rings. The van der Waals surface area contributed by atoms with Crippen molar-refractivity contribution < 1.29 is 14.3 Å². The van der Waals surface area contributed by atoms with E-state index in [4.69, 9.17) is 9.47 Å². The number of fused-ring (bicyclic) bond motifs is 2. The standard InChI is InChI=1S/C19H21N5O3S/c1-12-8-13(2)24-18(20-12)21-19(22-24)28-11-17(25)23(3)9-14-10-26-15-6-4-5-7-16(15)27-14/h4-8,14H,9-11H2,1-3H3/t14-/m1/s1. The molecule has 0 spiro atoms. The van der Waals surface area contributed by atoms with Crippen LogP contribution in [0.5, 0.6) is 11.5 Å². The SMILES string of the molecule is Cc1cc(C)n2nc(SCC(=O)N(C)C[C@@H]3COc4ccccc4O3)nc2n1. The van der Waals surface area contributed by atoms with Gasteiger partial charge in [-0.2, -0.15) is 4.98 Å². The van der Waals surface area contributed by atoms with Gasteiger partial charge in [-0.25, -0.2) is 9.50 Å². The second-order valence-corrected chi connectivity index (χ2v) is 7.65. The van der Waals surface area contributed by atoms with Crippen LogP contribution in [0.15, 0.2) is 35.5 Å². The Morgan fingerprint density at radius 2 is 2.07 bits per heavy atom. The number of carbonyl (C=O) groups excluding carboxylic acids is 1. The molecule has 9 heteroatoms. The quantitative estimate of drug-likeness (QED) is 0.608. The van der Waals surface area contributed by atoms with Crippen LogP contribution in [0.3, 0.4) is 0 Å². The van der Waals surface area contributed by atoms with E-state index >= 15 is 0 Å². The van der Waals surface area contributed by atoms with Gasteiger partial charge in [-0.3, -0.25) is 4.79 Å². The van der Waals surface area contributed by atoms with E-state index in [1.54, 1.807) is 16.5 Å². The fraction of sp³-hybridized carbons (Fsp3) is 0.368. The van der Waals surface area contributed by atoms with Gasteiger partial charge in [-0.1, -0.05) is 23.9 Å². The lowest BCUT2D eigenvalue weighted by atomic mass is 10.2. The number of nitrogens with zero attached hydrogens (tertiary/aromatic N) is 5. The number of ether oxygens (including phenoxy) is 2. The van der Waals surface area contributed by atoms with Crippen LogP contribution in [0.4, 0.5) is 0 Å². The van der Waals surface area contributed by atoms with Crippen LogP contribution in [-0.2, 0) is 4.79 Å². The molecule has 0 bridgehead atoms. The van der Waals surface area contributed by atoms with E-state index in [2.05, 4.69) is 15.1 Å². The van der Waals surface area contributed by atoms with Gasteiger partial charge >= 0.3 is 0 Å². The number of para-hydroxylation sites is 2. The lowest BCUT2D eigenvalue weighted by Crippen LogP contribution is -2.42. The summed E-state index contributed by atoms with van der Waals surface area (Å²) >= 11 is 1.30. The topological polar surface area (TPSA) is 81.9 Å². The Morgan fingerprint density at radius 1 is 1.29 bits per heavy atom. The van der Waals surface area contributed by atoms with Crippen molar-refractivity contribution in [2.45, 2.75) is 25.1 Å². The summed E-state index contributed by atoms with van der Waals surface area (Å²) in [6.07, 6.45) is -0.197. The Bertz CT molecular complexity index is 1020. The summed E-state index contributed by atoms with van der Waals surface area (Å²) in [5, 5.41) is 4.95. The van der Waals surface area contributed by atoms with E-state index in [1.165, 1.54) is 11.8 Å². The zero-order valence-corrected chi connectivity index (χ0v) is 16.8. The van der Waals surface area contributed by atoms with Gasteiger partial charge in [-0.05, 0) is 32.0 Å². The summed E-state index contributed by atoms with van der Waals surface area (Å²) in [5.74, 6) is 2.22. The molecule has 4 rings (SSSR count). The monoisotopic (exact) mass is 399 g/mol. The van der Waals surface area contributed by atoms with Crippen molar-refractivity contribution in [3.63, 3.8) is 0 Å². The Hall–Kier alpha value is -2.81. The number of hydrogen-bond acceptors (Lipinski definition) is 7. The maximum atomic E-state index is 12.5. The van der Waals surface area contributed by atoms with E-state index < -0.39 is 0 Å². The van der Waals surface area contributed by atoms with Crippen LogP contribution < -0.4 is 9.47 Å². The molecule has 0 saturated carbocycles. The minimum absolute atomic E-state index is 0.0211. The second-order valence-electron chi connectivity index (χ2n) is 6.71. The van der Waals surface area contributed by atoms with Gasteiger partial charge in [0, 0.05) is 18.4 Å². The molecule has 0 unspecified atom stereocenters. The fourth-order valence-electron chi connectivity index (χ4n) is 3.01. The average Bonchev–Trinajstić information content (AvgIpc) is 3.09. The molecule has 1 aliphatic heterocycles. The van der Waals surface area contributed by atoms with Crippen molar-refractivity contribution in [1.29, 1.82) is 0 Å². The predicted octanol–water partition coefficient (Wildman–Crippen LogP) is 2.13. The van der Waals surface area contributed by atoms with E-state index in [0.29, 0.717) is 29.8 Å². The third-order valence-corrected chi connectivity index (χ3v) is 5.22. The van der Waals surface area contributed by atoms with Crippen molar-refractivity contribution in [3.05, 3.63) is 41.7 Å². The molecule has 0 N–H and O–H groups in total. The first-order chi connectivity index (χ1) is 13.5. The van der Waals surface area contributed by atoms with Gasteiger partial charge in [0.1, 0.15) is 6.61 Å². The van der Waals surface area contributed by atoms with Gasteiger partial charge in [0.2, 0.25) is 11.1 Å². The smallest absolute Gasteiger partial charge is 0.253 e. The molecule has 0 aliphatic carbocycles. The maximum Gasteiger partial charge on any atom is 0.253 e. The molecule has 1 atom stereocenters. The number of carbonyl (C=O) groups is 1. The zero-order chi connectivity index (χ0) is 19.7. The molecule has 8 nitrogen and oxygen atoms in total. The zero-order valence-electron chi connectivity index (χ0n) is 16.0. The summed E-state index contributed by atoms with van der Waals surface area (Å²) in [6.45, 7) is 4.74.